The number of methoxy groups -OCH3 is 2. The van der Waals surface area contributed by atoms with Crippen LogP contribution in [0.4, 0.5) is 0 Å². The maximum Gasteiger partial charge on any atom is 0.306 e. The van der Waals surface area contributed by atoms with Crippen molar-refractivity contribution in [1.82, 2.24) is 67.3 Å². The molecule has 42 nitrogen and oxygen atoms in total. The van der Waals surface area contributed by atoms with Gasteiger partial charge in [-0.05, 0) is 50.0 Å². The monoisotopic (exact) mass is 1680 g/mol. The number of benzene rings is 1. The number of carbonyl (C=O) groups excluding carboxylic acids is 12. The Bertz CT molecular complexity index is 3220. The van der Waals surface area contributed by atoms with Crippen molar-refractivity contribution < 1.29 is 138 Å². The van der Waals surface area contributed by atoms with Crippen LogP contribution in [0.3, 0.4) is 0 Å². The molecule has 11 amide bonds. The number of carboxylic acid groups (broad SMARTS) is 1. The summed E-state index contributed by atoms with van der Waals surface area (Å²) in [6, 6.07) is 4.18. The quantitative estimate of drug-likeness (QED) is 0.0135. The number of esters is 1. The Balaban J connectivity index is 1.47. The number of aliphatic carboxylic acids is 1. The molecule has 42 heteroatoms. The fraction of sp³-hybridized carbons (Fsp3) is 0.697. The Morgan fingerprint density at radius 3 is 1.39 bits per heavy atom. The first-order valence-electron chi connectivity index (χ1n) is 39.5. The number of ether oxygens (including phenoxy) is 15. The molecule has 2 aliphatic rings. The zero-order chi connectivity index (χ0) is 85.4. The minimum Gasteiger partial charge on any atom is -0.481 e. The molecule has 0 spiro atoms. The van der Waals surface area contributed by atoms with Gasteiger partial charge in [0.2, 0.25) is 53.2 Å². The highest BCUT2D eigenvalue weighted by Gasteiger charge is 2.33. The number of amides is 11. The van der Waals surface area contributed by atoms with Crippen molar-refractivity contribution in [3.05, 3.63) is 59.9 Å². The van der Waals surface area contributed by atoms with Crippen LogP contribution in [0.1, 0.15) is 76.0 Å². The molecule has 2 aromatic rings. The fourth-order valence-corrected chi connectivity index (χ4v) is 11.1. The zero-order valence-electron chi connectivity index (χ0n) is 67.9. The number of aromatic nitrogens is 3. The number of carbonyl (C=O) groups is 13. The first-order chi connectivity index (χ1) is 57.2. The topological polar surface area (TPSA) is 514 Å². The van der Waals surface area contributed by atoms with E-state index in [4.69, 9.17) is 71.1 Å². The summed E-state index contributed by atoms with van der Waals surface area (Å²) in [7, 11) is 3.19. The van der Waals surface area contributed by atoms with Gasteiger partial charge in [0.15, 0.2) is 6.73 Å². The van der Waals surface area contributed by atoms with E-state index in [1.165, 1.54) is 4.90 Å². The number of carboxylic acids is 1. The molecule has 1 aromatic heterocycles. The minimum atomic E-state index is -1.59. The van der Waals surface area contributed by atoms with Crippen LogP contribution in [0.5, 0.6) is 0 Å². The molecule has 3 atom stereocenters. The largest absolute Gasteiger partial charge is 0.481 e. The second kappa shape index (κ2) is 64.8. The highest BCUT2D eigenvalue weighted by Crippen LogP contribution is 2.30. The molecular formula is C76H121N13O29. The Hall–Kier alpha value is -9.15. The second-order valence-corrected chi connectivity index (χ2v) is 26.6. The predicted molar refractivity (Wildman–Crippen MR) is 414 cm³/mol. The first-order valence-corrected chi connectivity index (χ1v) is 39.5. The van der Waals surface area contributed by atoms with Crippen LogP contribution in [0.2, 0.25) is 0 Å². The van der Waals surface area contributed by atoms with Crippen molar-refractivity contribution in [2.75, 3.05) is 232 Å². The van der Waals surface area contributed by atoms with Crippen molar-refractivity contribution in [3.8, 4) is 0 Å². The van der Waals surface area contributed by atoms with Crippen molar-refractivity contribution in [2.45, 2.75) is 102 Å². The Morgan fingerprint density at radius 1 is 0.475 bits per heavy atom. The summed E-state index contributed by atoms with van der Waals surface area (Å²) in [6.07, 6.45) is 3.94. The van der Waals surface area contributed by atoms with Gasteiger partial charge in [0, 0.05) is 85.2 Å². The summed E-state index contributed by atoms with van der Waals surface area (Å²) in [5.74, 6) is -10.1. The van der Waals surface area contributed by atoms with E-state index < -0.39 is 153 Å². The Labute approximate surface area is 686 Å². The highest BCUT2D eigenvalue weighted by atomic mass is 16.6. The number of nitrogens with one attached hydrogen (secondary N) is 8. The molecule has 0 saturated heterocycles. The van der Waals surface area contributed by atoms with E-state index in [0.717, 1.165) is 24.0 Å². The number of imide groups is 1. The SMILES string of the molecule is COCCOCCOCCOCCOCCOCCOCCN(CCOCCOCCOCCOCCOCCOCCOC)C(=O)[C@H](CCC(=O)NCC(=O)NCC(=O)N[C@@H](Cc1ccccc1)C(=O)NCC(=O)NCOC(C)=O)NC(=O)[C@H](CCC(=O)NCc1cn(CC2CCC(C(=O)O)CC2)nn1)NC(=O)CCN1C(=O)C=CC1=O. The lowest BCUT2D eigenvalue weighted by Crippen LogP contribution is -2.55. The van der Waals surface area contributed by atoms with Gasteiger partial charge in [0.25, 0.3) is 11.8 Å². The molecule has 0 bridgehead atoms. The van der Waals surface area contributed by atoms with E-state index >= 15 is 4.79 Å². The summed E-state index contributed by atoms with van der Waals surface area (Å²) >= 11 is 0. The van der Waals surface area contributed by atoms with Crippen molar-refractivity contribution in [2.24, 2.45) is 11.8 Å². The molecule has 664 valence electrons. The molecule has 1 aliphatic carbocycles. The van der Waals surface area contributed by atoms with Gasteiger partial charge < -0.3 is 124 Å². The number of rotatable bonds is 72. The Kier molecular flexibility index (Phi) is 55.6. The molecule has 1 saturated carbocycles. The molecule has 118 heavy (non-hydrogen) atoms. The molecule has 2 heterocycles. The molecular weight excluding hydrogens is 1560 g/mol. The molecule has 1 fully saturated rings. The van der Waals surface area contributed by atoms with Gasteiger partial charge >= 0.3 is 11.9 Å². The average Bonchev–Trinajstić information content (AvgIpc) is 1.55. The van der Waals surface area contributed by atoms with E-state index in [1.807, 2.05) is 0 Å². The summed E-state index contributed by atoms with van der Waals surface area (Å²) in [6.45, 7) is 6.36. The van der Waals surface area contributed by atoms with Gasteiger partial charge in [-0.25, -0.2) is 0 Å². The fourth-order valence-electron chi connectivity index (χ4n) is 11.1. The van der Waals surface area contributed by atoms with Crippen LogP contribution in [0, 0.1) is 11.8 Å². The standard InChI is InChI=1S/C76H121N13O29/c1-57(90)118-56-81-69(95)52-80-73(99)64(49-58-7-5-4-6-8-58)83-70(96)53-79-68(94)51-78-66(92)16-14-63(84-74(100)62(82-67(93)19-20-89-71(97)17-18-72(89)98)13-15-65(91)77-50-61-55-88(86-85-61)54-59-9-11-60(12-10-59)76(102)103)75(101)87(21-23-106-29-31-110-37-39-114-45-47-116-43-41-112-35-33-108-27-25-104-2)22-24-107-30-32-111-38-40-115-46-48-117-44-42-113-36-34-109-28-26-105-3/h4-8,17-18,55,59-60,62-64H,9-16,19-54,56H2,1-3H3,(H,77,91)(H,78,92)(H,79,94)(H,80,99)(H,81,95)(H,82,93)(H,83,96)(H,84,100)(H,102,103)/t59?,60?,62-,63-,64-/m0/s1. The van der Waals surface area contributed by atoms with Gasteiger partial charge in [0.1, 0.15) is 23.8 Å². The number of hydrogen-bond donors (Lipinski definition) is 9. The lowest BCUT2D eigenvalue weighted by atomic mass is 9.82. The normalized spacial score (nSPS) is 14.6. The third-order valence-corrected chi connectivity index (χ3v) is 17.4. The maximum absolute atomic E-state index is 15.1. The van der Waals surface area contributed by atoms with Gasteiger partial charge in [0.05, 0.1) is 210 Å². The summed E-state index contributed by atoms with van der Waals surface area (Å²) in [5, 5.41) is 37.8. The first kappa shape index (κ1) is 101. The van der Waals surface area contributed by atoms with Crippen molar-refractivity contribution >= 4 is 76.9 Å². The van der Waals surface area contributed by atoms with Crippen LogP contribution in [-0.2, 0) is 153 Å². The summed E-state index contributed by atoms with van der Waals surface area (Å²) < 4.78 is 83.3. The van der Waals surface area contributed by atoms with E-state index in [-0.39, 0.29) is 111 Å². The van der Waals surface area contributed by atoms with Crippen molar-refractivity contribution in [3.63, 3.8) is 0 Å². The second-order valence-electron chi connectivity index (χ2n) is 26.6. The zero-order valence-corrected chi connectivity index (χ0v) is 67.9. The molecule has 0 radical (unpaired) electrons. The molecule has 1 aliphatic heterocycles. The number of nitrogens with zero attached hydrogens (tertiary/aromatic N) is 5. The Morgan fingerprint density at radius 2 is 0.907 bits per heavy atom. The molecule has 0 unspecified atom stereocenters. The lowest BCUT2D eigenvalue weighted by molar-refractivity contribution is -0.144. The van der Waals surface area contributed by atoms with Crippen LogP contribution >= 0.6 is 0 Å². The summed E-state index contributed by atoms with van der Waals surface area (Å²) in [4.78, 5) is 173. The number of hydrogen-bond acceptors (Lipinski definition) is 30. The molecule has 1 aromatic carbocycles. The predicted octanol–water partition coefficient (Wildman–Crippen LogP) is -3.34. The van der Waals surface area contributed by atoms with Gasteiger partial charge in [-0.2, -0.15) is 0 Å². The van der Waals surface area contributed by atoms with Crippen LogP contribution in [0.15, 0.2) is 48.7 Å². The average molecular weight is 1680 g/mol. The smallest absolute Gasteiger partial charge is 0.306 e. The van der Waals surface area contributed by atoms with E-state index in [2.05, 4.69) is 52.8 Å². The van der Waals surface area contributed by atoms with Crippen molar-refractivity contribution in [1.29, 1.82) is 0 Å². The van der Waals surface area contributed by atoms with Gasteiger partial charge in [-0.15, -0.1) is 5.10 Å². The minimum absolute atomic E-state index is 0.0269. The van der Waals surface area contributed by atoms with Crippen LogP contribution in [-0.4, -0.2) is 357 Å². The van der Waals surface area contributed by atoms with Gasteiger partial charge in [-0.3, -0.25) is 71.9 Å². The van der Waals surface area contributed by atoms with E-state index in [9.17, 15) is 62.6 Å². The highest BCUT2D eigenvalue weighted by molar-refractivity contribution is 6.13. The lowest BCUT2D eigenvalue weighted by Gasteiger charge is -2.29. The molecule has 9 N–H and O–H groups in total. The van der Waals surface area contributed by atoms with Gasteiger partial charge in [-0.1, -0.05) is 35.5 Å². The third-order valence-electron chi connectivity index (χ3n) is 17.4. The third kappa shape index (κ3) is 49.3. The maximum atomic E-state index is 15.1. The van der Waals surface area contributed by atoms with Crippen LogP contribution in [0.25, 0.3) is 0 Å². The molecule has 4 rings (SSSR count). The van der Waals surface area contributed by atoms with Crippen LogP contribution < -0.4 is 42.5 Å². The van der Waals surface area contributed by atoms with E-state index in [1.54, 1.807) is 55.4 Å². The summed E-state index contributed by atoms with van der Waals surface area (Å²) in [5.41, 5.74) is 1.03. The van der Waals surface area contributed by atoms with E-state index in [0.29, 0.717) is 149 Å².